The third-order valence-corrected chi connectivity index (χ3v) is 5.99. The summed E-state index contributed by atoms with van der Waals surface area (Å²) in [6.07, 6.45) is -0.472. The molecule has 0 aliphatic rings. The summed E-state index contributed by atoms with van der Waals surface area (Å²) in [6, 6.07) is 10.2. The van der Waals surface area contributed by atoms with Crippen LogP contribution in [-0.2, 0) is 19.6 Å². The molecular formula is C20H22N2O6S. The lowest BCUT2D eigenvalue weighted by Crippen LogP contribution is -2.30. The summed E-state index contributed by atoms with van der Waals surface area (Å²) < 4.78 is 30.8. The minimum Gasteiger partial charge on any atom is -0.449 e. The monoisotopic (exact) mass is 418 g/mol. The van der Waals surface area contributed by atoms with Crippen LogP contribution in [0.3, 0.4) is 0 Å². The van der Waals surface area contributed by atoms with Gasteiger partial charge in [-0.2, -0.15) is 0 Å². The first-order valence-electron chi connectivity index (χ1n) is 8.66. The Balaban J connectivity index is 2.12. The first-order chi connectivity index (χ1) is 13.6. The van der Waals surface area contributed by atoms with Crippen LogP contribution in [0.25, 0.3) is 0 Å². The van der Waals surface area contributed by atoms with Gasteiger partial charge in [0.2, 0.25) is 10.0 Å². The van der Waals surface area contributed by atoms with Crippen molar-refractivity contribution in [2.75, 3.05) is 19.4 Å². The largest absolute Gasteiger partial charge is 0.449 e. The molecule has 29 heavy (non-hydrogen) atoms. The number of sulfonamides is 1. The molecule has 0 radical (unpaired) electrons. The Morgan fingerprint density at radius 2 is 1.72 bits per heavy atom. The van der Waals surface area contributed by atoms with Crippen LogP contribution in [-0.4, -0.2) is 51.1 Å². The molecule has 0 bridgehead atoms. The van der Waals surface area contributed by atoms with Crippen LogP contribution in [0.1, 0.15) is 33.2 Å². The minimum absolute atomic E-state index is 0.0308. The van der Waals surface area contributed by atoms with E-state index in [1.165, 1.54) is 57.4 Å². The van der Waals surface area contributed by atoms with Gasteiger partial charge in [-0.3, -0.25) is 9.59 Å². The van der Waals surface area contributed by atoms with Gasteiger partial charge in [0.05, 0.1) is 10.5 Å². The number of anilines is 1. The van der Waals surface area contributed by atoms with Gasteiger partial charge in [0.15, 0.2) is 6.10 Å². The number of benzene rings is 2. The molecule has 2 aromatic rings. The van der Waals surface area contributed by atoms with Crippen LogP contribution in [0.15, 0.2) is 47.4 Å². The normalized spacial score (nSPS) is 12.3. The van der Waals surface area contributed by atoms with Gasteiger partial charge in [-0.05, 0) is 43.7 Å². The molecule has 0 aliphatic carbocycles. The third-order valence-electron chi connectivity index (χ3n) is 4.18. The predicted molar refractivity (Wildman–Crippen MR) is 107 cm³/mol. The highest BCUT2D eigenvalue weighted by Crippen LogP contribution is 2.22. The zero-order valence-corrected chi connectivity index (χ0v) is 17.3. The number of nitrogens with one attached hydrogen (secondary N) is 1. The first kappa shape index (κ1) is 22.3. The molecule has 1 atom stereocenters. The fourth-order valence-electron chi connectivity index (χ4n) is 2.32. The molecule has 0 aliphatic heterocycles. The molecule has 1 N–H and O–H groups in total. The molecule has 2 rings (SSSR count). The Morgan fingerprint density at radius 1 is 1.10 bits per heavy atom. The van der Waals surface area contributed by atoms with E-state index < -0.39 is 28.0 Å². The summed E-state index contributed by atoms with van der Waals surface area (Å²) in [5.74, 6) is -1.32. The van der Waals surface area contributed by atoms with E-state index in [1.807, 2.05) is 0 Å². The second-order valence-corrected chi connectivity index (χ2v) is 8.69. The maximum absolute atomic E-state index is 12.4. The summed E-state index contributed by atoms with van der Waals surface area (Å²) in [5.41, 5.74) is 1.57. The van der Waals surface area contributed by atoms with Gasteiger partial charge in [0.25, 0.3) is 5.91 Å². The Hall–Kier alpha value is -3.04. The van der Waals surface area contributed by atoms with Crippen molar-refractivity contribution in [3.05, 3.63) is 59.2 Å². The Kier molecular flexibility index (Phi) is 6.89. The van der Waals surface area contributed by atoms with Crippen LogP contribution in [0.2, 0.25) is 0 Å². The van der Waals surface area contributed by atoms with Gasteiger partial charge in [0.1, 0.15) is 6.29 Å². The summed E-state index contributed by atoms with van der Waals surface area (Å²) >= 11 is 0. The van der Waals surface area contributed by atoms with Crippen LogP contribution in [0, 0.1) is 6.92 Å². The Bertz CT molecular complexity index is 1030. The third kappa shape index (κ3) is 5.27. The number of aldehydes is 1. The van der Waals surface area contributed by atoms with Gasteiger partial charge in [-0.1, -0.05) is 18.2 Å². The lowest BCUT2D eigenvalue weighted by Gasteiger charge is -2.17. The van der Waals surface area contributed by atoms with Gasteiger partial charge >= 0.3 is 5.97 Å². The lowest BCUT2D eigenvalue weighted by atomic mass is 10.1. The second-order valence-electron chi connectivity index (χ2n) is 6.54. The van der Waals surface area contributed by atoms with Crippen LogP contribution < -0.4 is 5.32 Å². The topological polar surface area (TPSA) is 110 Å². The standard InChI is InChI=1S/C20H22N2O6S/c1-13-5-10-17(29(26,27)22(3)4)11-18(13)21-19(24)14(2)28-20(25)16-8-6-15(12-23)7-9-16/h5-12,14H,1-4H3,(H,21,24). The molecule has 2 aromatic carbocycles. The number of hydrogen-bond acceptors (Lipinski definition) is 6. The van der Waals surface area contributed by atoms with Crippen LogP contribution in [0.4, 0.5) is 5.69 Å². The highest BCUT2D eigenvalue weighted by molar-refractivity contribution is 7.89. The van der Waals surface area contributed by atoms with Crippen molar-refractivity contribution in [1.29, 1.82) is 0 Å². The van der Waals surface area contributed by atoms with E-state index in [9.17, 15) is 22.8 Å². The Labute approximate surface area is 169 Å². The fourth-order valence-corrected chi connectivity index (χ4v) is 3.25. The van der Waals surface area contributed by atoms with Crippen molar-refractivity contribution in [3.8, 4) is 0 Å². The summed E-state index contributed by atoms with van der Waals surface area (Å²) in [5, 5.41) is 2.59. The zero-order chi connectivity index (χ0) is 21.8. The smallest absolute Gasteiger partial charge is 0.338 e. The quantitative estimate of drug-likeness (QED) is 0.545. The van der Waals surface area contributed by atoms with Crippen molar-refractivity contribution < 1.29 is 27.5 Å². The molecule has 0 heterocycles. The zero-order valence-electron chi connectivity index (χ0n) is 16.5. The minimum atomic E-state index is -3.66. The molecule has 1 amide bonds. The van der Waals surface area contributed by atoms with E-state index >= 15 is 0 Å². The lowest BCUT2D eigenvalue weighted by molar-refractivity contribution is -0.123. The molecule has 0 spiro atoms. The van der Waals surface area contributed by atoms with E-state index in [1.54, 1.807) is 13.0 Å². The van der Waals surface area contributed by atoms with Gasteiger partial charge < -0.3 is 10.1 Å². The van der Waals surface area contributed by atoms with Crippen molar-refractivity contribution in [3.63, 3.8) is 0 Å². The highest BCUT2D eigenvalue weighted by atomic mass is 32.2. The van der Waals surface area contributed by atoms with E-state index in [4.69, 9.17) is 4.74 Å². The number of rotatable bonds is 7. The molecular weight excluding hydrogens is 396 g/mol. The van der Waals surface area contributed by atoms with Crippen molar-refractivity contribution in [1.82, 2.24) is 4.31 Å². The maximum atomic E-state index is 12.4. The maximum Gasteiger partial charge on any atom is 0.338 e. The summed E-state index contributed by atoms with van der Waals surface area (Å²) in [6.45, 7) is 3.12. The van der Waals surface area contributed by atoms with E-state index in [0.29, 0.717) is 23.1 Å². The average Bonchev–Trinajstić information content (AvgIpc) is 2.69. The van der Waals surface area contributed by atoms with E-state index in [-0.39, 0.29) is 10.5 Å². The van der Waals surface area contributed by atoms with Crippen LogP contribution in [0.5, 0.6) is 0 Å². The van der Waals surface area contributed by atoms with Crippen molar-refractivity contribution in [2.45, 2.75) is 24.8 Å². The fraction of sp³-hybridized carbons (Fsp3) is 0.250. The molecule has 8 nitrogen and oxygen atoms in total. The van der Waals surface area contributed by atoms with Gasteiger partial charge in [-0.25, -0.2) is 17.5 Å². The molecule has 0 aromatic heterocycles. The summed E-state index contributed by atoms with van der Waals surface area (Å²) in [7, 11) is -0.835. The first-order valence-corrected chi connectivity index (χ1v) is 10.1. The SMILES string of the molecule is Cc1ccc(S(=O)(=O)N(C)C)cc1NC(=O)C(C)OC(=O)c1ccc(C=O)cc1. The second kappa shape index (κ2) is 8.97. The number of carbonyl (C=O) groups excluding carboxylic acids is 3. The van der Waals surface area contributed by atoms with Crippen molar-refractivity contribution >= 4 is 33.9 Å². The van der Waals surface area contributed by atoms with Gasteiger partial charge in [0, 0.05) is 25.3 Å². The predicted octanol–water partition coefficient (Wildman–Crippen LogP) is 2.24. The number of nitrogens with zero attached hydrogens (tertiary/aromatic N) is 1. The molecule has 9 heteroatoms. The highest BCUT2D eigenvalue weighted by Gasteiger charge is 2.22. The molecule has 0 fully saturated rings. The number of amides is 1. The van der Waals surface area contributed by atoms with Crippen molar-refractivity contribution in [2.24, 2.45) is 0 Å². The van der Waals surface area contributed by atoms with E-state index in [0.717, 1.165) is 4.31 Å². The van der Waals surface area contributed by atoms with Crippen LogP contribution >= 0.6 is 0 Å². The molecule has 0 saturated heterocycles. The summed E-state index contributed by atoms with van der Waals surface area (Å²) in [4.78, 5) is 35.3. The molecule has 154 valence electrons. The Morgan fingerprint density at radius 3 is 2.28 bits per heavy atom. The van der Waals surface area contributed by atoms with Gasteiger partial charge in [-0.15, -0.1) is 0 Å². The number of hydrogen-bond donors (Lipinski definition) is 1. The number of aryl methyl sites for hydroxylation is 1. The number of esters is 1. The molecule has 1 unspecified atom stereocenters. The molecule has 0 saturated carbocycles. The number of carbonyl (C=O) groups is 3. The van der Waals surface area contributed by atoms with E-state index in [2.05, 4.69) is 5.32 Å². The average molecular weight is 418 g/mol. The number of ether oxygens (including phenoxy) is 1.